The van der Waals surface area contributed by atoms with Gasteiger partial charge in [0.1, 0.15) is 0 Å². The second-order valence-electron chi connectivity index (χ2n) is 5.64. The molecule has 0 atom stereocenters. The molecule has 1 aromatic carbocycles. The first kappa shape index (κ1) is 13.9. The van der Waals surface area contributed by atoms with E-state index < -0.39 is 5.97 Å². The van der Waals surface area contributed by atoms with E-state index in [0.29, 0.717) is 35.8 Å². The van der Waals surface area contributed by atoms with Crippen LogP contribution in [0.3, 0.4) is 0 Å². The van der Waals surface area contributed by atoms with Crippen LogP contribution < -0.4 is 10.6 Å². The minimum atomic E-state index is -0.408. The van der Waals surface area contributed by atoms with Crippen molar-refractivity contribution in [1.29, 1.82) is 0 Å². The van der Waals surface area contributed by atoms with Gasteiger partial charge in [0.2, 0.25) is 6.41 Å². The smallest absolute Gasteiger partial charge is 0.337 e. The number of esters is 1. The van der Waals surface area contributed by atoms with E-state index in [4.69, 9.17) is 9.47 Å². The molecule has 1 aliphatic carbocycles. The number of ether oxygens (including phenoxy) is 2. The average Bonchev–Trinajstić information content (AvgIpc) is 3.06. The second-order valence-corrected chi connectivity index (χ2v) is 5.64. The fourth-order valence-corrected chi connectivity index (χ4v) is 3.10. The van der Waals surface area contributed by atoms with Crippen molar-refractivity contribution in [3.05, 3.63) is 23.8 Å². The minimum absolute atomic E-state index is 0.0790. The highest BCUT2D eigenvalue weighted by Gasteiger charge is 2.51. The predicted octanol–water partition coefficient (Wildman–Crippen LogP) is 1.63. The van der Waals surface area contributed by atoms with Crippen molar-refractivity contribution in [2.75, 3.05) is 30.9 Å². The third-order valence-corrected chi connectivity index (χ3v) is 4.20. The van der Waals surface area contributed by atoms with Crippen LogP contribution in [0.25, 0.3) is 0 Å². The lowest BCUT2D eigenvalue weighted by Gasteiger charge is -2.36. The standard InChI is InChI=1S/C15H18N2O4/c1-20-14(19)11-2-3-12(17-9-18)13(4-11)16-8-15-5-10(6-15)7-21-15/h2-4,9-10,16H,5-8H2,1H3,(H,17,18). The fraction of sp³-hybridized carbons (Fsp3) is 0.467. The van der Waals surface area contributed by atoms with E-state index in [9.17, 15) is 9.59 Å². The minimum Gasteiger partial charge on any atom is -0.465 e. The summed E-state index contributed by atoms with van der Waals surface area (Å²) in [6, 6.07) is 4.98. The Morgan fingerprint density at radius 3 is 2.90 bits per heavy atom. The van der Waals surface area contributed by atoms with E-state index in [1.807, 2.05) is 0 Å². The number of rotatable bonds is 6. The summed E-state index contributed by atoms with van der Waals surface area (Å²) >= 11 is 0. The molecular weight excluding hydrogens is 272 g/mol. The molecule has 2 saturated heterocycles. The van der Waals surface area contributed by atoms with Crippen LogP contribution in [0.1, 0.15) is 23.2 Å². The van der Waals surface area contributed by atoms with Crippen molar-refractivity contribution in [3.8, 4) is 0 Å². The summed E-state index contributed by atoms with van der Waals surface area (Å²) in [6.45, 7) is 1.50. The zero-order valence-electron chi connectivity index (χ0n) is 11.8. The quantitative estimate of drug-likeness (QED) is 0.615. The van der Waals surface area contributed by atoms with Crippen molar-refractivity contribution < 1.29 is 19.1 Å². The van der Waals surface area contributed by atoms with Crippen LogP contribution in [-0.4, -0.2) is 38.2 Å². The zero-order valence-corrected chi connectivity index (χ0v) is 11.8. The third kappa shape index (κ3) is 2.58. The van der Waals surface area contributed by atoms with Crippen LogP contribution in [0.15, 0.2) is 18.2 Å². The molecule has 6 nitrogen and oxygen atoms in total. The number of hydrogen-bond acceptors (Lipinski definition) is 5. The molecule has 1 saturated carbocycles. The lowest BCUT2D eigenvalue weighted by Crippen LogP contribution is -2.43. The van der Waals surface area contributed by atoms with Gasteiger partial charge in [0, 0.05) is 6.54 Å². The molecule has 4 rings (SSSR count). The summed E-state index contributed by atoms with van der Waals surface area (Å²) in [7, 11) is 1.34. The Hall–Kier alpha value is -2.08. The predicted molar refractivity (Wildman–Crippen MR) is 77.4 cm³/mol. The van der Waals surface area contributed by atoms with E-state index in [-0.39, 0.29) is 5.60 Å². The Morgan fingerprint density at radius 2 is 2.29 bits per heavy atom. The highest BCUT2D eigenvalue weighted by atomic mass is 16.5. The van der Waals surface area contributed by atoms with E-state index in [1.165, 1.54) is 7.11 Å². The molecule has 2 aliphatic heterocycles. The van der Waals surface area contributed by atoms with Gasteiger partial charge in [-0.15, -0.1) is 0 Å². The summed E-state index contributed by atoms with van der Waals surface area (Å²) in [6.07, 6.45) is 2.77. The average molecular weight is 290 g/mol. The van der Waals surface area contributed by atoms with Crippen LogP contribution in [0.2, 0.25) is 0 Å². The number of anilines is 2. The summed E-state index contributed by atoms with van der Waals surface area (Å²) in [5.74, 6) is 0.287. The van der Waals surface area contributed by atoms with E-state index in [2.05, 4.69) is 10.6 Å². The summed E-state index contributed by atoms with van der Waals surface area (Å²) in [5, 5.41) is 5.91. The number of carbonyl (C=O) groups is 2. The van der Waals surface area contributed by atoms with Crippen molar-refractivity contribution in [1.82, 2.24) is 0 Å². The molecule has 0 radical (unpaired) electrons. The van der Waals surface area contributed by atoms with Crippen molar-refractivity contribution in [2.24, 2.45) is 5.92 Å². The maximum atomic E-state index is 11.6. The fourth-order valence-electron chi connectivity index (χ4n) is 3.10. The first-order valence-corrected chi connectivity index (χ1v) is 6.96. The molecule has 6 heteroatoms. The highest BCUT2D eigenvalue weighted by Crippen LogP contribution is 2.48. The van der Waals surface area contributed by atoms with Crippen LogP contribution in [0.4, 0.5) is 11.4 Å². The van der Waals surface area contributed by atoms with Gasteiger partial charge < -0.3 is 20.1 Å². The maximum Gasteiger partial charge on any atom is 0.337 e. The van der Waals surface area contributed by atoms with Crippen LogP contribution >= 0.6 is 0 Å². The van der Waals surface area contributed by atoms with Crippen molar-refractivity contribution in [2.45, 2.75) is 18.4 Å². The number of amides is 1. The van der Waals surface area contributed by atoms with Gasteiger partial charge in [0.25, 0.3) is 0 Å². The van der Waals surface area contributed by atoms with Gasteiger partial charge in [-0.05, 0) is 37.0 Å². The van der Waals surface area contributed by atoms with E-state index in [0.717, 1.165) is 19.4 Å². The maximum absolute atomic E-state index is 11.6. The molecule has 21 heavy (non-hydrogen) atoms. The van der Waals surface area contributed by atoms with Crippen molar-refractivity contribution >= 4 is 23.8 Å². The number of fused-ring (bicyclic) bond motifs is 1. The molecule has 112 valence electrons. The Bertz CT molecular complexity index is 561. The van der Waals surface area contributed by atoms with Gasteiger partial charge in [-0.1, -0.05) is 0 Å². The number of benzene rings is 1. The molecule has 2 bridgehead atoms. The molecule has 0 spiro atoms. The number of hydrogen-bond donors (Lipinski definition) is 2. The Morgan fingerprint density at radius 1 is 1.48 bits per heavy atom. The van der Waals surface area contributed by atoms with Crippen LogP contribution in [0.5, 0.6) is 0 Å². The largest absolute Gasteiger partial charge is 0.465 e. The normalized spacial score (nSPS) is 25.9. The van der Waals surface area contributed by atoms with Gasteiger partial charge in [-0.25, -0.2) is 4.79 Å². The highest BCUT2D eigenvalue weighted by molar-refractivity contribution is 5.93. The monoisotopic (exact) mass is 290 g/mol. The molecule has 0 unspecified atom stereocenters. The van der Waals surface area contributed by atoms with Gasteiger partial charge >= 0.3 is 5.97 Å². The van der Waals surface area contributed by atoms with E-state index >= 15 is 0 Å². The topological polar surface area (TPSA) is 76.7 Å². The second kappa shape index (κ2) is 5.37. The van der Waals surface area contributed by atoms with Gasteiger partial charge in [-0.2, -0.15) is 0 Å². The van der Waals surface area contributed by atoms with Crippen LogP contribution in [0, 0.1) is 5.92 Å². The third-order valence-electron chi connectivity index (χ3n) is 4.20. The Labute approximate surface area is 122 Å². The lowest BCUT2D eigenvalue weighted by atomic mass is 9.74. The molecule has 0 aromatic heterocycles. The SMILES string of the molecule is COC(=O)c1ccc(NC=O)c(NCC23CC(CO2)C3)c1. The molecule has 1 amide bonds. The molecule has 2 N–H and O–H groups in total. The first-order valence-electron chi connectivity index (χ1n) is 6.96. The molecular formula is C15H18N2O4. The number of methoxy groups -OCH3 is 1. The Balaban J connectivity index is 1.76. The molecule has 3 fully saturated rings. The number of carbonyl (C=O) groups excluding carboxylic acids is 2. The van der Waals surface area contributed by atoms with E-state index in [1.54, 1.807) is 18.2 Å². The molecule has 1 aromatic rings. The van der Waals surface area contributed by atoms with Crippen molar-refractivity contribution in [3.63, 3.8) is 0 Å². The summed E-state index contributed by atoms with van der Waals surface area (Å²) < 4.78 is 10.5. The lowest BCUT2D eigenvalue weighted by molar-refractivity contribution is -0.105. The number of nitrogens with one attached hydrogen (secondary N) is 2. The Kier molecular flexibility index (Phi) is 3.55. The summed E-state index contributed by atoms with van der Waals surface area (Å²) in [5.41, 5.74) is 1.68. The summed E-state index contributed by atoms with van der Waals surface area (Å²) in [4.78, 5) is 22.3. The van der Waals surface area contributed by atoms with Gasteiger partial charge in [-0.3, -0.25) is 4.79 Å². The molecule has 2 heterocycles. The van der Waals surface area contributed by atoms with Gasteiger partial charge in [0.05, 0.1) is 36.3 Å². The molecule has 3 aliphatic rings. The van der Waals surface area contributed by atoms with Crippen LogP contribution in [-0.2, 0) is 14.3 Å². The zero-order chi connectivity index (χ0) is 14.9. The van der Waals surface area contributed by atoms with Gasteiger partial charge in [0.15, 0.2) is 0 Å². The first-order chi connectivity index (χ1) is 10.2.